The standard InChI is InChI=1S/C28H44N4O7Si/c1-11-13-37-25(34)23-20(19-16-30(26(35)29(7)8)31(17-19)27(36)38-14-12-2)15-21-22(24(33)32(21)23)18(3)39-40(9,10)28(4,5)6/h11-12,18-19,21-22H,1-2,13-17H2,3-10H3/t18-,19?,21-,22-/m1/s1. The van der Waals surface area contributed by atoms with Gasteiger partial charge in [0.25, 0.3) is 0 Å². The molecule has 40 heavy (non-hydrogen) atoms. The van der Waals surface area contributed by atoms with E-state index in [-0.39, 0.29) is 55.1 Å². The molecular formula is C28H44N4O7Si. The zero-order valence-corrected chi connectivity index (χ0v) is 26.1. The largest absolute Gasteiger partial charge is 0.457 e. The van der Waals surface area contributed by atoms with Crippen molar-refractivity contribution >= 4 is 32.3 Å². The summed E-state index contributed by atoms with van der Waals surface area (Å²) in [6.45, 7) is 20.1. The first-order chi connectivity index (χ1) is 18.6. The Bertz CT molecular complexity index is 1100. The first-order valence-corrected chi connectivity index (χ1v) is 16.5. The molecule has 0 bridgehead atoms. The van der Waals surface area contributed by atoms with E-state index in [2.05, 4.69) is 47.0 Å². The number of carbonyl (C=O) groups is 4. The summed E-state index contributed by atoms with van der Waals surface area (Å²) < 4.78 is 17.2. The fraction of sp³-hybridized carbons (Fsp3) is 0.643. The van der Waals surface area contributed by atoms with Gasteiger partial charge in [0, 0.05) is 20.0 Å². The highest BCUT2D eigenvalue weighted by Gasteiger charge is 2.59. The van der Waals surface area contributed by atoms with Crippen molar-refractivity contribution in [2.75, 3.05) is 40.4 Å². The summed E-state index contributed by atoms with van der Waals surface area (Å²) in [6.07, 6.45) is 2.30. The van der Waals surface area contributed by atoms with Gasteiger partial charge >= 0.3 is 18.1 Å². The van der Waals surface area contributed by atoms with Crippen molar-refractivity contribution < 1.29 is 33.1 Å². The average Bonchev–Trinajstić information content (AvgIpc) is 3.44. The molecule has 4 atom stereocenters. The number of hydrogen-bond donors (Lipinski definition) is 0. The highest BCUT2D eigenvalue weighted by Crippen LogP contribution is 2.49. The van der Waals surface area contributed by atoms with E-state index in [1.807, 2.05) is 6.92 Å². The van der Waals surface area contributed by atoms with Gasteiger partial charge in [0.05, 0.1) is 31.2 Å². The molecule has 3 aliphatic heterocycles. The summed E-state index contributed by atoms with van der Waals surface area (Å²) in [5, 5.41) is 2.53. The lowest BCUT2D eigenvalue weighted by atomic mass is 9.82. The van der Waals surface area contributed by atoms with Crippen LogP contribution in [-0.2, 0) is 23.5 Å². The Morgan fingerprint density at radius 2 is 1.65 bits per heavy atom. The van der Waals surface area contributed by atoms with Crippen LogP contribution in [0, 0.1) is 11.8 Å². The van der Waals surface area contributed by atoms with Gasteiger partial charge in [-0.1, -0.05) is 46.1 Å². The SMILES string of the molecule is C=CCOC(=O)C1=C(C2CN(C(=O)OCC=C)N(C(=O)N(C)C)C2)C[C@@H]2[C@@H]([C@@H](C)O[Si](C)(C)C(C)(C)C)C(=O)N12. The number of hydrogen-bond acceptors (Lipinski definition) is 7. The van der Waals surface area contributed by atoms with Gasteiger partial charge in [0.2, 0.25) is 5.91 Å². The number of hydrazine groups is 1. The molecule has 1 unspecified atom stereocenters. The van der Waals surface area contributed by atoms with Crippen LogP contribution in [-0.4, -0.2) is 105 Å². The van der Waals surface area contributed by atoms with Crippen molar-refractivity contribution in [2.45, 2.75) is 64.4 Å². The van der Waals surface area contributed by atoms with E-state index in [1.165, 1.54) is 32.0 Å². The molecule has 0 spiro atoms. The van der Waals surface area contributed by atoms with Crippen LogP contribution in [0.4, 0.5) is 9.59 Å². The van der Waals surface area contributed by atoms with E-state index in [1.54, 1.807) is 14.1 Å². The quantitative estimate of drug-likeness (QED) is 0.178. The minimum atomic E-state index is -2.15. The summed E-state index contributed by atoms with van der Waals surface area (Å²) in [5.74, 6) is -1.62. The van der Waals surface area contributed by atoms with Gasteiger partial charge in [-0.15, -0.1) is 0 Å². The van der Waals surface area contributed by atoms with Crippen LogP contribution in [0.25, 0.3) is 0 Å². The Balaban J connectivity index is 1.93. The van der Waals surface area contributed by atoms with Gasteiger partial charge in [0.15, 0.2) is 8.32 Å². The molecule has 0 aromatic carbocycles. The Hall–Kier alpha value is -3.12. The molecule has 0 aromatic heterocycles. The molecule has 3 aliphatic rings. The van der Waals surface area contributed by atoms with Gasteiger partial charge in [-0.25, -0.2) is 24.4 Å². The second-order valence-corrected chi connectivity index (χ2v) is 17.0. The number of ether oxygens (including phenoxy) is 2. The third-order valence-electron chi connectivity index (χ3n) is 8.27. The Kier molecular flexibility index (Phi) is 9.25. The molecular weight excluding hydrogens is 532 g/mol. The fourth-order valence-corrected chi connectivity index (χ4v) is 6.67. The van der Waals surface area contributed by atoms with Gasteiger partial charge in [-0.2, -0.15) is 0 Å². The van der Waals surface area contributed by atoms with Crippen molar-refractivity contribution in [1.29, 1.82) is 0 Å². The number of β-lactam (4-membered cyclic amide) rings is 1. The minimum absolute atomic E-state index is 0.00740. The molecule has 12 heteroatoms. The highest BCUT2D eigenvalue weighted by molar-refractivity contribution is 6.74. The summed E-state index contributed by atoms with van der Waals surface area (Å²) in [5.41, 5.74) is 0.876. The molecule has 2 saturated heterocycles. The lowest BCUT2D eigenvalue weighted by Gasteiger charge is -2.49. The molecule has 0 N–H and O–H groups in total. The Morgan fingerprint density at radius 1 is 1.07 bits per heavy atom. The third-order valence-corrected chi connectivity index (χ3v) is 12.8. The summed E-state index contributed by atoms with van der Waals surface area (Å²) >= 11 is 0. The van der Waals surface area contributed by atoms with E-state index >= 15 is 0 Å². The minimum Gasteiger partial charge on any atom is -0.457 e. The van der Waals surface area contributed by atoms with Crippen LogP contribution in [0.2, 0.25) is 18.1 Å². The highest BCUT2D eigenvalue weighted by atomic mass is 28.4. The van der Waals surface area contributed by atoms with Crippen molar-refractivity contribution in [3.05, 3.63) is 36.6 Å². The van der Waals surface area contributed by atoms with Gasteiger partial charge in [-0.3, -0.25) is 4.79 Å². The normalized spacial score (nSPS) is 23.4. The number of amides is 4. The smallest absolute Gasteiger partial charge is 0.429 e. The van der Waals surface area contributed by atoms with E-state index < -0.39 is 38.2 Å². The predicted molar refractivity (Wildman–Crippen MR) is 152 cm³/mol. The number of urea groups is 1. The first kappa shape index (κ1) is 31.4. The number of fused-ring (bicyclic) bond motifs is 1. The van der Waals surface area contributed by atoms with Crippen molar-refractivity contribution in [3.8, 4) is 0 Å². The van der Waals surface area contributed by atoms with Crippen molar-refractivity contribution in [1.82, 2.24) is 19.8 Å². The number of nitrogens with zero attached hydrogens (tertiary/aromatic N) is 4. The van der Waals surface area contributed by atoms with Crippen LogP contribution in [0.15, 0.2) is 36.6 Å². The molecule has 3 rings (SSSR count). The topological polar surface area (TPSA) is 109 Å². The molecule has 0 aliphatic carbocycles. The van der Waals surface area contributed by atoms with Crippen LogP contribution >= 0.6 is 0 Å². The predicted octanol–water partition coefficient (Wildman–Crippen LogP) is 3.76. The molecule has 2 fully saturated rings. The van der Waals surface area contributed by atoms with Gasteiger partial charge in [-0.05, 0) is 37.0 Å². The lowest BCUT2D eigenvalue weighted by Crippen LogP contribution is -2.63. The fourth-order valence-electron chi connectivity index (χ4n) is 5.24. The van der Waals surface area contributed by atoms with Crippen LogP contribution < -0.4 is 0 Å². The van der Waals surface area contributed by atoms with Crippen LogP contribution in [0.1, 0.15) is 34.1 Å². The van der Waals surface area contributed by atoms with E-state index in [4.69, 9.17) is 13.9 Å². The summed E-state index contributed by atoms with van der Waals surface area (Å²) in [4.78, 5) is 55.6. The monoisotopic (exact) mass is 576 g/mol. The Morgan fingerprint density at radius 3 is 2.20 bits per heavy atom. The molecule has 0 radical (unpaired) electrons. The maximum Gasteiger partial charge on any atom is 0.429 e. The molecule has 0 aromatic rings. The second kappa shape index (κ2) is 11.8. The lowest BCUT2D eigenvalue weighted by molar-refractivity contribution is -0.161. The third kappa shape index (κ3) is 5.83. The zero-order chi connectivity index (χ0) is 30.2. The first-order valence-electron chi connectivity index (χ1n) is 13.6. The second-order valence-electron chi connectivity index (χ2n) is 12.3. The molecule has 0 saturated carbocycles. The zero-order valence-electron chi connectivity index (χ0n) is 25.1. The molecule has 3 heterocycles. The maximum atomic E-state index is 13.6. The Labute approximate surface area is 238 Å². The number of esters is 1. The van der Waals surface area contributed by atoms with Crippen LogP contribution in [0.5, 0.6) is 0 Å². The number of rotatable bonds is 9. The van der Waals surface area contributed by atoms with E-state index in [9.17, 15) is 19.2 Å². The average molecular weight is 577 g/mol. The van der Waals surface area contributed by atoms with Gasteiger partial charge in [0.1, 0.15) is 18.9 Å². The van der Waals surface area contributed by atoms with E-state index in [0.29, 0.717) is 12.0 Å². The van der Waals surface area contributed by atoms with Crippen LogP contribution in [0.3, 0.4) is 0 Å². The number of carbonyl (C=O) groups excluding carboxylic acids is 4. The van der Waals surface area contributed by atoms with E-state index in [0.717, 1.165) is 0 Å². The summed E-state index contributed by atoms with van der Waals surface area (Å²) in [6, 6.07) is -0.672. The summed E-state index contributed by atoms with van der Waals surface area (Å²) in [7, 11) is 1.03. The maximum absolute atomic E-state index is 13.6. The van der Waals surface area contributed by atoms with Crippen molar-refractivity contribution in [3.63, 3.8) is 0 Å². The molecule has 11 nitrogen and oxygen atoms in total. The van der Waals surface area contributed by atoms with Gasteiger partial charge < -0.3 is 23.7 Å². The molecule has 222 valence electrons. The molecule has 4 amide bonds. The van der Waals surface area contributed by atoms with Crippen molar-refractivity contribution in [2.24, 2.45) is 11.8 Å².